The van der Waals surface area contributed by atoms with Gasteiger partial charge in [0.25, 0.3) is 5.92 Å². The number of nitrogens with two attached hydrogens (primary N) is 1. The lowest BCUT2D eigenvalue weighted by Gasteiger charge is -2.49. The van der Waals surface area contributed by atoms with Crippen molar-refractivity contribution in [3.63, 3.8) is 0 Å². The van der Waals surface area contributed by atoms with E-state index in [-0.39, 0.29) is 12.8 Å². The van der Waals surface area contributed by atoms with E-state index < -0.39 is 40.7 Å². The van der Waals surface area contributed by atoms with Crippen LogP contribution in [0, 0.1) is 23.2 Å². The van der Waals surface area contributed by atoms with Gasteiger partial charge in [-0.05, 0) is 18.9 Å². The number of dihydropyridines is 1. The van der Waals surface area contributed by atoms with Crippen LogP contribution >= 0.6 is 0 Å². The van der Waals surface area contributed by atoms with Crippen LogP contribution in [0.25, 0.3) is 0 Å². The lowest BCUT2D eigenvalue weighted by molar-refractivity contribution is -0.134. The van der Waals surface area contributed by atoms with Crippen LogP contribution in [0.4, 0.5) is 13.2 Å². The number of allylic oxidation sites excluding steroid dienone is 1. The number of terminal acetylenes is 1. The van der Waals surface area contributed by atoms with Crippen molar-refractivity contribution >= 4 is 12.1 Å². The number of carbonyl (C=O) groups excluding carboxylic acids is 1. The molecule has 1 fully saturated rings. The summed E-state index contributed by atoms with van der Waals surface area (Å²) in [5.41, 5.74) is 2.96. The summed E-state index contributed by atoms with van der Waals surface area (Å²) in [6.07, 6.45) is 6.79. The van der Waals surface area contributed by atoms with Gasteiger partial charge in [-0.2, -0.15) is 0 Å². The van der Waals surface area contributed by atoms with E-state index >= 15 is 0 Å². The fourth-order valence-corrected chi connectivity index (χ4v) is 3.77. The molecular formula is C17H22F3N3O. The van der Waals surface area contributed by atoms with Crippen molar-refractivity contribution in [2.75, 3.05) is 0 Å². The zero-order valence-corrected chi connectivity index (χ0v) is 13.8. The van der Waals surface area contributed by atoms with Crippen LogP contribution in [0.15, 0.2) is 16.9 Å². The molecule has 2 rings (SSSR count). The molecule has 7 heteroatoms. The van der Waals surface area contributed by atoms with E-state index in [0.29, 0.717) is 12.8 Å². The molecule has 2 unspecified atom stereocenters. The average molecular weight is 341 g/mol. The predicted octanol–water partition coefficient (Wildman–Crippen LogP) is 2.55. The van der Waals surface area contributed by atoms with Crippen molar-refractivity contribution in [3.05, 3.63) is 11.9 Å². The summed E-state index contributed by atoms with van der Waals surface area (Å²) in [5, 5.41) is 2.93. The molecule has 0 aromatic carbocycles. The molecule has 0 saturated heterocycles. The minimum absolute atomic E-state index is 0.360. The van der Waals surface area contributed by atoms with Gasteiger partial charge in [0.1, 0.15) is 17.4 Å². The zero-order valence-electron chi connectivity index (χ0n) is 13.8. The maximum Gasteiger partial charge on any atom is 0.251 e. The molecule has 0 bridgehead atoms. The number of rotatable bonds is 6. The van der Waals surface area contributed by atoms with E-state index in [2.05, 4.69) is 16.2 Å². The zero-order chi connectivity index (χ0) is 18.2. The largest absolute Gasteiger partial charge is 0.369 e. The number of nitrogens with one attached hydrogen (secondary N) is 1. The van der Waals surface area contributed by atoms with Gasteiger partial charge in [-0.25, -0.2) is 13.2 Å². The Kier molecular flexibility index (Phi) is 4.82. The molecule has 2 atom stereocenters. The number of hydrogen-bond acceptors (Lipinski definition) is 3. The molecular weight excluding hydrogens is 319 g/mol. The fraction of sp³-hybridized carbons (Fsp3) is 0.647. The molecule has 3 N–H and O–H groups in total. The molecule has 1 aliphatic heterocycles. The van der Waals surface area contributed by atoms with Gasteiger partial charge in [-0.3, -0.25) is 15.1 Å². The third-order valence-corrected chi connectivity index (χ3v) is 5.31. The second kappa shape index (κ2) is 6.25. The quantitative estimate of drug-likeness (QED) is 0.729. The lowest BCUT2D eigenvalue weighted by Crippen LogP contribution is -2.64. The van der Waals surface area contributed by atoms with Crippen molar-refractivity contribution in [2.45, 2.75) is 57.7 Å². The van der Waals surface area contributed by atoms with Crippen molar-refractivity contribution < 1.29 is 18.0 Å². The summed E-state index contributed by atoms with van der Waals surface area (Å²) in [7, 11) is 0. The SMILES string of the molecule is C#CC(CC)(CC)C1(C(N)=O)C=C(F)C=NC1NC1CC(F)(F)C1. The molecule has 0 spiro atoms. The van der Waals surface area contributed by atoms with Crippen molar-refractivity contribution in [1.29, 1.82) is 0 Å². The third kappa shape index (κ3) is 2.73. The first-order valence-corrected chi connectivity index (χ1v) is 7.99. The summed E-state index contributed by atoms with van der Waals surface area (Å²) in [5.74, 6) is -1.66. The van der Waals surface area contributed by atoms with Gasteiger partial charge in [-0.15, -0.1) is 6.42 Å². The van der Waals surface area contributed by atoms with Gasteiger partial charge in [0, 0.05) is 18.9 Å². The first-order valence-electron chi connectivity index (χ1n) is 7.99. The number of nitrogens with zero attached hydrogens (tertiary/aromatic N) is 1. The Bertz CT molecular complexity index is 611. The van der Waals surface area contributed by atoms with Crippen LogP contribution in [-0.4, -0.2) is 30.3 Å². The Morgan fingerprint density at radius 1 is 1.50 bits per heavy atom. The molecule has 132 valence electrons. The predicted molar refractivity (Wildman–Crippen MR) is 86.1 cm³/mol. The van der Waals surface area contributed by atoms with E-state index in [9.17, 15) is 18.0 Å². The summed E-state index contributed by atoms with van der Waals surface area (Å²) < 4.78 is 40.2. The van der Waals surface area contributed by atoms with Crippen LogP contribution in [0.1, 0.15) is 39.5 Å². The van der Waals surface area contributed by atoms with Crippen molar-refractivity contribution in [1.82, 2.24) is 5.32 Å². The minimum atomic E-state index is -2.73. The van der Waals surface area contributed by atoms with E-state index in [1.807, 2.05) is 0 Å². The molecule has 1 amide bonds. The molecule has 0 radical (unpaired) electrons. The number of hydrogen-bond donors (Lipinski definition) is 2. The first kappa shape index (κ1) is 18.5. The second-order valence-corrected chi connectivity index (χ2v) is 6.50. The van der Waals surface area contributed by atoms with Crippen LogP contribution < -0.4 is 11.1 Å². The number of amides is 1. The standard InChI is InChI=1S/C17H22F3N3O/c1-4-15(5-2,6-3)17(13(21)24)7-11(18)10-22-14(17)23-12-8-16(19,20)9-12/h1,7,10,12,14,23H,5-6,8-9H2,2-3H3,(H2,21,24). The normalized spacial score (nSPS) is 29.5. The van der Waals surface area contributed by atoms with E-state index in [1.165, 1.54) is 0 Å². The number of aliphatic imine (C=N–C) groups is 1. The Hall–Kier alpha value is -1.81. The van der Waals surface area contributed by atoms with Gasteiger partial charge in [0.05, 0.1) is 11.6 Å². The molecule has 1 heterocycles. The highest BCUT2D eigenvalue weighted by Crippen LogP contribution is 2.51. The summed E-state index contributed by atoms with van der Waals surface area (Å²) in [6.45, 7) is 3.57. The van der Waals surface area contributed by atoms with Crippen LogP contribution in [0.5, 0.6) is 0 Å². The Morgan fingerprint density at radius 2 is 2.08 bits per heavy atom. The van der Waals surface area contributed by atoms with Gasteiger partial charge < -0.3 is 5.73 Å². The summed E-state index contributed by atoms with van der Waals surface area (Å²) in [4.78, 5) is 16.5. The first-order chi connectivity index (χ1) is 11.2. The highest BCUT2D eigenvalue weighted by atomic mass is 19.3. The van der Waals surface area contributed by atoms with E-state index in [0.717, 1.165) is 12.3 Å². The topological polar surface area (TPSA) is 67.5 Å². The van der Waals surface area contributed by atoms with Crippen molar-refractivity contribution in [3.8, 4) is 12.3 Å². The van der Waals surface area contributed by atoms with Gasteiger partial charge in [0.2, 0.25) is 5.91 Å². The van der Waals surface area contributed by atoms with E-state index in [4.69, 9.17) is 12.2 Å². The molecule has 0 aromatic rings. The second-order valence-electron chi connectivity index (χ2n) is 6.50. The fourth-order valence-electron chi connectivity index (χ4n) is 3.77. The Morgan fingerprint density at radius 3 is 2.50 bits per heavy atom. The molecule has 0 aromatic heterocycles. The number of alkyl halides is 2. The number of primary amides is 1. The molecule has 24 heavy (non-hydrogen) atoms. The smallest absolute Gasteiger partial charge is 0.251 e. The molecule has 1 aliphatic carbocycles. The molecule has 1 saturated carbocycles. The van der Waals surface area contributed by atoms with Crippen LogP contribution in [0.2, 0.25) is 0 Å². The highest BCUT2D eigenvalue weighted by molar-refractivity contribution is 5.90. The lowest BCUT2D eigenvalue weighted by atomic mass is 9.57. The van der Waals surface area contributed by atoms with Crippen LogP contribution in [-0.2, 0) is 4.79 Å². The average Bonchev–Trinajstić information content (AvgIpc) is 2.49. The minimum Gasteiger partial charge on any atom is -0.369 e. The molecule has 4 nitrogen and oxygen atoms in total. The maximum absolute atomic E-state index is 14.0. The Labute approximate surface area is 139 Å². The van der Waals surface area contributed by atoms with Crippen molar-refractivity contribution in [2.24, 2.45) is 21.6 Å². The summed E-state index contributed by atoms with van der Waals surface area (Å²) in [6, 6.07) is -0.528. The van der Waals surface area contributed by atoms with Gasteiger partial charge in [0.15, 0.2) is 0 Å². The third-order valence-electron chi connectivity index (χ3n) is 5.31. The summed E-state index contributed by atoms with van der Waals surface area (Å²) >= 11 is 0. The van der Waals surface area contributed by atoms with Gasteiger partial charge in [-0.1, -0.05) is 19.8 Å². The molecule has 2 aliphatic rings. The number of halogens is 3. The highest BCUT2D eigenvalue weighted by Gasteiger charge is 2.59. The van der Waals surface area contributed by atoms with Crippen LogP contribution in [0.3, 0.4) is 0 Å². The number of carbonyl (C=O) groups is 1. The van der Waals surface area contributed by atoms with E-state index in [1.54, 1.807) is 13.8 Å². The Balaban J connectivity index is 2.46. The van der Waals surface area contributed by atoms with Gasteiger partial charge >= 0.3 is 0 Å². The maximum atomic E-state index is 14.0. The monoisotopic (exact) mass is 341 g/mol.